The molecule has 0 bridgehead atoms. The summed E-state index contributed by atoms with van der Waals surface area (Å²) in [5.74, 6) is -0.582. The Morgan fingerprint density at radius 3 is 2.76 bits per heavy atom. The minimum atomic E-state index is -0.385. The Morgan fingerprint density at radius 2 is 2.14 bits per heavy atom. The van der Waals surface area contributed by atoms with Crippen LogP contribution in [0.25, 0.3) is 0 Å². The summed E-state index contributed by atoms with van der Waals surface area (Å²) in [4.78, 5) is 24.7. The SMILES string of the molecule is COC(=O)CC(NC(=O)c1cccc(Br)c1)c1cccs1. The third kappa shape index (κ3) is 4.41. The summed E-state index contributed by atoms with van der Waals surface area (Å²) in [6.45, 7) is 0. The first kappa shape index (κ1) is 15.7. The smallest absolute Gasteiger partial charge is 0.307 e. The van der Waals surface area contributed by atoms with Crippen LogP contribution in [0.5, 0.6) is 0 Å². The number of esters is 1. The summed E-state index contributed by atoms with van der Waals surface area (Å²) >= 11 is 4.83. The number of carbonyl (C=O) groups is 2. The molecule has 2 rings (SSSR count). The maximum Gasteiger partial charge on any atom is 0.307 e. The maximum atomic E-state index is 12.3. The molecule has 0 spiro atoms. The molecule has 0 aliphatic heterocycles. The van der Waals surface area contributed by atoms with Gasteiger partial charge in [-0.15, -0.1) is 11.3 Å². The lowest BCUT2D eigenvalue weighted by Crippen LogP contribution is -2.30. The largest absolute Gasteiger partial charge is 0.469 e. The highest BCUT2D eigenvalue weighted by molar-refractivity contribution is 9.10. The summed E-state index contributed by atoms with van der Waals surface area (Å²) in [6, 6.07) is 10.5. The van der Waals surface area contributed by atoms with E-state index in [1.165, 1.54) is 18.4 Å². The molecule has 1 atom stereocenters. The second kappa shape index (κ2) is 7.38. The molecule has 2 aromatic rings. The molecular formula is C15H14BrNO3S. The van der Waals surface area contributed by atoms with E-state index in [1.54, 1.807) is 18.2 Å². The molecule has 1 N–H and O–H groups in total. The first-order valence-corrected chi connectivity index (χ1v) is 7.94. The summed E-state index contributed by atoms with van der Waals surface area (Å²) in [5.41, 5.74) is 0.538. The Labute approximate surface area is 135 Å². The number of nitrogens with one attached hydrogen (secondary N) is 1. The van der Waals surface area contributed by atoms with Crippen molar-refractivity contribution < 1.29 is 14.3 Å². The molecule has 1 heterocycles. The van der Waals surface area contributed by atoms with Gasteiger partial charge in [0.1, 0.15) is 0 Å². The Balaban J connectivity index is 2.15. The Bertz CT molecular complexity index is 628. The van der Waals surface area contributed by atoms with Crippen molar-refractivity contribution >= 4 is 39.1 Å². The molecule has 0 aliphatic rings. The fourth-order valence-corrected chi connectivity index (χ4v) is 3.01. The normalized spacial score (nSPS) is 11.7. The third-order valence-electron chi connectivity index (χ3n) is 2.88. The van der Waals surface area contributed by atoms with Crippen LogP contribution in [-0.4, -0.2) is 19.0 Å². The highest BCUT2D eigenvalue weighted by atomic mass is 79.9. The Morgan fingerprint density at radius 1 is 1.33 bits per heavy atom. The number of rotatable bonds is 5. The Kier molecular flexibility index (Phi) is 5.52. The van der Waals surface area contributed by atoms with Gasteiger partial charge in [-0.2, -0.15) is 0 Å². The van der Waals surface area contributed by atoms with Crippen LogP contribution in [0, 0.1) is 0 Å². The molecular weight excluding hydrogens is 354 g/mol. The molecule has 0 saturated carbocycles. The molecule has 0 radical (unpaired) electrons. The van der Waals surface area contributed by atoms with Gasteiger partial charge in [0.25, 0.3) is 5.91 Å². The molecule has 0 saturated heterocycles. The van der Waals surface area contributed by atoms with E-state index in [4.69, 9.17) is 4.74 Å². The highest BCUT2D eigenvalue weighted by Crippen LogP contribution is 2.23. The highest BCUT2D eigenvalue weighted by Gasteiger charge is 2.20. The molecule has 110 valence electrons. The lowest BCUT2D eigenvalue weighted by atomic mass is 10.1. The van der Waals surface area contributed by atoms with Crippen molar-refractivity contribution in [2.45, 2.75) is 12.5 Å². The predicted molar refractivity (Wildman–Crippen MR) is 85.3 cm³/mol. The van der Waals surface area contributed by atoms with Crippen LogP contribution in [0.3, 0.4) is 0 Å². The molecule has 0 aliphatic carbocycles. The van der Waals surface area contributed by atoms with Gasteiger partial charge in [0.15, 0.2) is 0 Å². The second-order valence-electron chi connectivity index (χ2n) is 4.33. The van der Waals surface area contributed by atoms with Crippen LogP contribution in [0.4, 0.5) is 0 Å². The van der Waals surface area contributed by atoms with Crippen molar-refractivity contribution in [3.05, 3.63) is 56.7 Å². The van der Waals surface area contributed by atoms with Gasteiger partial charge in [-0.25, -0.2) is 0 Å². The van der Waals surface area contributed by atoms with E-state index in [2.05, 4.69) is 21.2 Å². The fourth-order valence-electron chi connectivity index (χ4n) is 1.83. The topological polar surface area (TPSA) is 55.4 Å². The van der Waals surface area contributed by atoms with Crippen molar-refractivity contribution in [2.75, 3.05) is 7.11 Å². The number of ether oxygens (including phenoxy) is 1. The van der Waals surface area contributed by atoms with E-state index in [0.29, 0.717) is 5.56 Å². The number of benzene rings is 1. The Hall–Kier alpha value is -1.66. The number of amides is 1. The number of carbonyl (C=O) groups excluding carboxylic acids is 2. The predicted octanol–water partition coefficient (Wildman–Crippen LogP) is 3.54. The zero-order chi connectivity index (χ0) is 15.2. The maximum absolute atomic E-state index is 12.3. The van der Waals surface area contributed by atoms with Crippen molar-refractivity contribution in [3.63, 3.8) is 0 Å². The van der Waals surface area contributed by atoms with Crippen molar-refractivity contribution in [3.8, 4) is 0 Å². The van der Waals surface area contributed by atoms with Gasteiger partial charge < -0.3 is 10.1 Å². The number of methoxy groups -OCH3 is 1. The van der Waals surface area contributed by atoms with E-state index in [9.17, 15) is 9.59 Å². The van der Waals surface area contributed by atoms with Crippen LogP contribution < -0.4 is 5.32 Å². The first-order valence-electron chi connectivity index (χ1n) is 6.27. The molecule has 1 aromatic heterocycles. The molecule has 0 fully saturated rings. The minimum Gasteiger partial charge on any atom is -0.469 e. The van der Waals surface area contributed by atoms with E-state index in [-0.39, 0.29) is 24.3 Å². The van der Waals surface area contributed by atoms with E-state index in [1.807, 2.05) is 23.6 Å². The van der Waals surface area contributed by atoms with Gasteiger partial charge >= 0.3 is 5.97 Å². The van der Waals surface area contributed by atoms with Crippen LogP contribution in [0.1, 0.15) is 27.7 Å². The summed E-state index contributed by atoms with van der Waals surface area (Å²) < 4.78 is 5.52. The van der Waals surface area contributed by atoms with E-state index >= 15 is 0 Å². The van der Waals surface area contributed by atoms with Gasteiger partial charge in [0, 0.05) is 14.9 Å². The molecule has 6 heteroatoms. The second-order valence-corrected chi connectivity index (χ2v) is 6.23. The van der Waals surface area contributed by atoms with Gasteiger partial charge in [0.05, 0.1) is 19.6 Å². The molecule has 1 unspecified atom stereocenters. The van der Waals surface area contributed by atoms with Crippen molar-refractivity contribution in [2.24, 2.45) is 0 Å². The van der Waals surface area contributed by atoms with Crippen LogP contribution >= 0.6 is 27.3 Å². The average Bonchev–Trinajstić information content (AvgIpc) is 3.00. The van der Waals surface area contributed by atoms with Crippen LogP contribution in [-0.2, 0) is 9.53 Å². The summed E-state index contributed by atoms with van der Waals surface area (Å²) in [5, 5.41) is 4.79. The van der Waals surface area contributed by atoms with Crippen LogP contribution in [0.2, 0.25) is 0 Å². The van der Waals surface area contributed by atoms with E-state index in [0.717, 1.165) is 9.35 Å². The van der Waals surface area contributed by atoms with E-state index < -0.39 is 0 Å². The standard InChI is InChI=1S/C15H14BrNO3S/c1-20-14(18)9-12(13-6-3-7-21-13)17-15(19)10-4-2-5-11(16)8-10/h2-8,12H,9H2,1H3,(H,17,19). The fraction of sp³-hybridized carbons (Fsp3) is 0.200. The first-order chi connectivity index (χ1) is 10.1. The number of halogens is 1. The van der Waals surface area contributed by atoms with Gasteiger partial charge in [-0.05, 0) is 29.6 Å². The quantitative estimate of drug-likeness (QED) is 0.822. The monoisotopic (exact) mass is 367 g/mol. The summed E-state index contributed by atoms with van der Waals surface area (Å²) in [6.07, 6.45) is 0.108. The van der Waals surface area contributed by atoms with Gasteiger partial charge in [0.2, 0.25) is 0 Å². The number of hydrogen-bond acceptors (Lipinski definition) is 4. The lowest BCUT2D eigenvalue weighted by molar-refractivity contribution is -0.141. The molecule has 1 aromatic carbocycles. The average molecular weight is 368 g/mol. The molecule has 4 nitrogen and oxygen atoms in total. The van der Waals surface area contributed by atoms with Gasteiger partial charge in [-0.3, -0.25) is 9.59 Å². The van der Waals surface area contributed by atoms with Crippen LogP contribution in [0.15, 0.2) is 46.3 Å². The van der Waals surface area contributed by atoms with Crippen molar-refractivity contribution in [1.82, 2.24) is 5.32 Å². The zero-order valence-corrected chi connectivity index (χ0v) is 13.7. The van der Waals surface area contributed by atoms with Gasteiger partial charge in [-0.1, -0.05) is 28.1 Å². The van der Waals surface area contributed by atoms with Crippen molar-refractivity contribution in [1.29, 1.82) is 0 Å². The third-order valence-corrected chi connectivity index (χ3v) is 4.36. The summed E-state index contributed by atoms with van der Waals surface area (Å²) in [7, 11) is 1.34. The zero-order valence-electron chi connectivity index (χ0n) is 11.3. The number of thiophene rings is 1. The minimum absolute atomic E-state index is 0.108. The number of hydrogen-bond donors (Lipinski definition) is 1. The molecule has 21 heavy (non-hydrogen) atoms. The molecule has 1 amide bonds. The lowest BCUT2D eigenvalue weighted by Gasteiger charge is -2.16.